The SMILES string of the molecule is C=CO[C@@H](C(=O)NCCC(=O)[O-])C(C)(C)CO. The average molecular weight is 244 g/mol. The summed E-state index contributed by atoms with van der Waals surface area (Å²) >= 11 is 0. The van der Waals surface area contributed by atoms with E-state index in [4.69, 9.17) is 9.84 Å². The maximum absolute atomic E-state index is 11.7. The van der Waals surface area contributed by atoms with Crippen molar-refractivity contribution in [3.63, 3.8) is 0 Å². The van der Waals surface area contributed by atoms with Crippen molar-refractivity contribution in [2.45, 2.75) is 26.4 Å². The molecule has 0 rings (SSSR count). The molecule has 1 atom stereocenters. The van der Waals surface area contributed by atoms with Gasteiger partial charge in [0.15, 0.2) is 6.10 Å². The number of ether oxygens (including phenoxy) is 1. The van der Waals surface area contributed by atoms with Gasteiger partial charge in [-0.2, -0.15) is 0 Å². The second-order valence-electron chi connectivity index (χ2n) is 4.24. The number of carboxylic acid groups (broad SMARTS) is 1. The highest BCUT2D eigenvalue weighted by Gasteiger charge is 2.35. The molecule has 0 aliphatic heterocycles. The number of nitrogens with one attached hydrogen (secondary N) is 1. The number of aliphatic carboxylic acids is 1. The fourth-order valence-corrected chi connectivity index (χ4v) is 1.16. The van der Waals surface area contributed by atoms with Crippen molar-refractivity contribution in [2.75, 3.05) is 13.2 Å². The minimum atomic E-state index is -1.24. The first kappa shape index (κ1) is 15.4. The Morgan fingerprint density at radius 2 is 2.18 bits per heavy atom. The molecule has 0 spiro atoms. The summed E-state index contributed by atoms with van der Waals surface area (Å²) in [5, 5.41) is 21.7. The number of hydrogen-bond donors (Lipinski definition) is 2. The van der Waals surface area contributed by atoms with Gasteiger partial charge in [-0.25, -0.2) is 0 Å². The number of amides is 1. The number of carboxylic acids is 1. The molecule has 0 aromatic rings. The molecular formula is C11H18NO5-. The molecule has 0 heterocycles. The first-order chi connectivity index (χ1) is 7.85. The standard InChI is InChI=1S/C11H19NO5/c1-4-17-9(11(2,3)7-13)10(16)12-6-5-8(14)15/h4,9,13H,1,5-7H2,2-3H3,(H,12,16)(H,14,15)/p-1/t9-/m0/s1. The van der Waals surface area contributed by atoms with E-state index in [1.807, 2.05) is 0 Å². The zero-order valence-electron chi connectivity index (χ0n) is 10.1. The van der Waals surface area contributed by atoms with Gasteiger partial charge in [0, 0.05) is 24.3 Å². The van der Waals surface area contributed by atoms with E-state index in [2.05, 4.69) is 11.9 Å². The number of aliphatic hydroxyl groups is 1. The van der Waals surface area contributed by atoms with Crippen LogP contribution in [0.25, 0.3) is 0 Å². The van der Waals surface area contributed by atoms with E-state index < -0.39 is 23.4 Å². The van der Waals surface area contributed by atoms with Gasteiger partial charge in [0.1, 0.15) is 0 Å². The highest BCUT2D eigenvalue weighted by atomic mass is 16.5. The lowest BCUT2D eigenvalue weighted by atomic mass is 9.87. The molecule has 6 nitrogen and oxygen atoms in total. The van der Waals surface area contributed by atoms with Crippen molar-refractivity contribution in [1.82, 2.24) is 5.32 Å². The van der Waals surface area contributed by atoms with Crippen molar-refractivity contribution in [2.24, 2.45) is 5.41 Å². The summed E-state index contributed by atoms with van der Waals surface area (Å²) in [4.78, 5) is 21.9. The average Bonchev–Trinajstić information content (AvgIpc) is 2.24. The van der Waals surface area contributed by atoms with Gasteiger partial charge >= 0.3 is 0 Å². The van der Waals surface area contributed by atoms with Gasteiger partial charge in [0.25, 0.3) is 5.91 Å². The Morgan fingerprint density at radius 1 is 1.59 bits per heavy atom. The molecule has 17 heavy (non-hydrogen) atoms. The monoisotopic (exact) mass is 244 g/mol. The quantitative estimate of drug-likeness (QED) is 0.522. The van der Waals surface area contributed by atoms with Crippen LogP contribution in [0.4, 0.5) is 0 Å². The van der Waals surface area contributed by atoms with Crippen LogP contribution in [0.1, 0.15) is 20.3 Å². The Labute approximate surface area is 100 Å². The molecule has 0 radical (unpaired) electrons. The molecule has 0 fully saturated rings. The lowest BCUT2D eigenvalue weighted by molar-refractivity contribution is -0.305. The van der Waals surface area contributed by atoms with Gasteiger partial charge in [0.05, 0.1) is 12.9 Å². The number of carbonyl (C=O) groups excluding carboxylic acids is 2. The summed E-state index contributed by atoms with van der Waals surface area (Å²) < 4.78 is 5.05. The summed E-state index contributed by atoms with van der Waals surface area (Å²) in [6.45, 7) is 6.36. The van der Waals surface area contributed by atoms with Crippen LogP contribution in [0.5, 0.6) is 0 Å². The van der Waals surface area contributed by atoms with Gasteiger partial charge in [-0.05, 0) is 0 Å². The van der Waals surface area contributed by atoms with Crippen molar-refractivity contribution in [1.29, 1.82) is 0 Å². The Kier molecular flexibility index (Phi) is 6.27. The fourth-order valence-electron chi connectivity index (χ4n) is 1.16. The van der Waals surface area contributed by atoms with Crippen molar-refractivity contribution >= 4 is 11.9 Å². The first-order valence-corrected chi connectivity index (χ1v) is 5.20. The van der Waals surface area contributed by atoms with Crippen LogP contribution in [0.15, 0.2) is 12.8 Å². The summed E-state index contributed by atoms with van der Waals surface area (Å²) in [5.74, 6) is -1.74. The smallest absolute Gasteiger partial charge is 0.261 e. The van der Waals surface area contributed by atoms with Gasteiger partial charge in [-0.1, -0.05) is 20.4 Å². The molecular weight excluding hydrogens is 226 g/mol. The summed E-state index contributed by atoms with van der Waals surface area (Å²) in [6.07, 6.45) is -0.0845. The lowest BCUT2D eigenvalue weighted by Crippen LogP contribution is -2.47. The number of aliphatic hydroxyl groups excluding tert-OH is 1. The van der Waals surface area contributed by atoms with Crippen molar-refractivity contribution in [3.8, 4) is 0 Å². The van der Waals surface area contributed by atoms with Crippen LogP contribution in [0.3, 0.4) is 0 Å². The Hall–Kier alpha value is -1.56. The first-order valence-electron chi connectivity index (χ1n) is 5.20. The summed E-state index contributed by atoms with van der Waals surface area (Å²) in [6, 6.07) is 0. The van der Waals surface area contributed by atoms with E-state index >= 15 is 0 Å². The van der Waals surface area contributed by atoms with Crippen LogP contribution in [0.2, 0.25) is 0 Å². The Bertz CT molecular complexity index is 288. The molecule has 1 amide bonds. The van der Waals surface area contributed by atoms with E-state index in [1.54, 1.807) is 13.8 Å². The van der Waals surface area contributed by atoms with Crippen molar-refractivity contribution < 1.29 is 24.5 Å². The van der Waals surface area contributed by atoms with Gasteiger partial charge in [-0.3, -0.25) is 4.79 Å². The molecule has 2 N–H and O–H groups in total. The molecule has 0 saturated heterocycles. The maximum Gasteiger partial charge on any atom is 0.261 e. The third kappa shape index (κ3) is 5.35. The second-order valence-corrected chi connectivity index (χ2v) is 4.24. The van der Waals surface area contributed by atoms with Crippen LogP contribution in [-0.4, -0.2) is 36.2 Å². The van der Waals surface area contributed by atoms with Gasteiger partial charge in [0.2, 0.25) is 0 Å². The molecule has 98 valence electrons. The summed E-state index contributed by atoms with van der Waals surface area (Å²) in [7, 11) is 0. The van der Waals surface area contributed by atoms with E-state index in [1.165, 1.54) is 0 Å². The molecule has 0 aliphatic rings. The van der Waals surface area contributed by atoms with Crippen LogP contribution < -0.4 is 10.4 Å². The molecule has 0 aliphatic carbocycles. The molecule has 0 aromatic carbocycles. The van der Waals surface area contributed by atoms with E-state index in [0.717, 1.165) is 6.26 Å². The maximum atomic E-state index is 11.7. The Morgan fingerprint density at radius 3 is 2.59 bits per heavy atom. The molecule has 6 heteroatoms. The fraction of sp³-hybridized carbons (Fsp3) is 0.636. The predicted octanol–water partition coefficient (Wildman–Crippen LogP) is -1.21. The van der Waals surface area contributed by atoms with Gasteiger partial charge < -0.3 is 25.1 Å². The molecule has 0 aromatic heterocycles. The van der Waals surface area contributed by atoms with Crippen LogP contribution >= 0.6 is 0 Å². The van der Waals surface area contributed by atoms with E-state index in [9.17, 15) is 14.7 Å². The normalized spacial score (nSPS) is 12.6. The minimum Gasteiger partial charge on any atom is -0.550 e. The minimum absolute atomic E-state index is 0.0420. The van der Waals surface area contributed by atoms with Crippen LogP contribution in [0, 0.1) is 5.41 Å². The number of hydrogen-bond acceptors (Lipinski definition) is 5. The number of carbonyl (C=O) groups is 2. The third-order valence-corrected chi connectivity index (χ3v) is 2.22. The summed E-state index contributed by atoms with van der Waals surface area (Å²) in [5.41, 5.74) is -0.792. The largest absolute Gasteiger partial charge is 0.550 e. The second kappa shape index (κ2) is 6.90. The zero-order chi connectivity index (χ0) is 13.5. The Balaban J connectivity index is 4.44. The third-order valence-electron chi connectivity index (χ3n) is 2.22. The highest BCUT2D eigenvalue weighted by Crippen LogP contribution is 2.23. The number of rotatable bonds is 8. The van der Waals surface area contributed by atoms with E-state index in [-0.39, 0.29) is 19.6 Å². The predicted molar refractivity (Wildman–Crippen MR) is 58.6 cm³/mol. The molecule has 0 saturated carbocycles. The highest BCUT2D eigenvalue weighted by molar-refractivity contribution is 5.82. The zero-order valence-corrected chi connectivity index (χ0v) is 10.1. The van der Waals surface area contributed by atoms with Crippen LogP contribution in [-0.2, 0) is 14.3 Å². The van der Waals surface area contributed by atoms with Crippen molar-refractivity contribution in [3.05, 3.63) is 12.8 Å². The van der Waals surface area contributed by atoms with Gasteiger partial charge in [-0.15, -0.1) is 0 Å². The molecule has 0 bridgehead atoms. The lowest BCUT2D eigenvalue weighted by Gasteiger charge is -2.30. The topological polar surface area (TPSA) is 98.7 Å². The molecule has 0 unspecified atom stereocenters. The van der Waals surface area contributed by atoms with E-state index in [0.29, 0.717) is 0 Å².